The number of ether oxygens (including phenoxy) is 1. The van der Waals surface area contributed by atoms with E-state index in [2.05, 4.69) is 4.72 Å². The summed E-state index contributed by atoms with van der Waals surface area (Å²) >= 11 is -1.45. The molecule has 1 aromatic carbocycles. The molecule has 1 spiro atoms. The van der Waals surface area contributed by atoms with Crippen LogP contribution in [0.1, 0.15) is 71.6 Å². The minimum atomic E-state index is -1.45. The number of hydrogen-bond donors (Lipinski definition) is 1. The topological polar surface area (TPSA) is 64.6 Å². The van der Waals surface area contributed by atoms with Gasteiger partial charge in [0, 0.05) is 35.4 Å². The van der Waals surface area contributed by atoms with Crippen molar-refractivity contribution in [3.8, 4) is 0 Å². The van der Waals surface area contributed by atoms with E-state index >= 15 is 0 Å². The molecule has 2 unspecified atom stereocenters. The van der Waals surface area contributed by atoms with Crippen molar-refractivity contribution in [1.82, 2.24) is 9.62 Å². The molecule has 0 radical (unpaired) electrons. The molecule has 30 heavy (non-hydrogen) atoms. The van der Waals surface area contributed by atoms with Gasteiger partial charge in [0.15, 0.2) is 0 Å². The molecule has 1 aromatic rings. The van der Waals surface area contributed by atoms with Crippen LogP contribution in [0.25, 0.3) is 0 Å². The summed E-state index contributed by atoms with van der Waals surface area (Å²) < 4.78 is 50.3. The van der Waals surface area contributed by atoms with Gasteiger partial charge in [-0.1, -0.05) is 0 Å². The van der Waals surface area contributed by atoms with Gasteiger partial charge in [0.05, 0.1) is 6.04 Å². The van der Waals surface area contributed by atoms with Crippen LogP contribution < -0.4 is 4.72 Å². The summed E-state index contributed by atoms with van der Waals surface area (Å²) in [6.07, 6.45) is 1.05. The number of halogens is 2. The highest BCUT2D eigenvalue weighted by atomic mass is 32.2. The smallest absolute Gasteiger partial charge is 0.410 e. The van der Waals surface area contributed by atoms with Gasteiger partial charge in [-0.2, -0.15) is 0 Å². The zero-order valence-corrected chi connectivity index (χ0v) is 19.4. The van der Waals surface area contributed by atoms with Crippen LogP contribution in [-0.4, -0.2) is 39.0 Å². The maximum Gasteiger partial charge on any atom is 0.410 e. The van der Waals surface area contributed by atoms with E-state index in [1.165, 1.54) is 0 Å². The van der Waals surface area contributed by atoms with Gasteiger partial charge in [0.1, 0.15) is 22.0 Å². The van der Waals surface area contributed by atoms with E-state index in [4.69, 9.17) is 4.74 Å². The van der Waals surface area contributed by atoms with Crippen molar-refractivity contribution in [3.63, 3.8) is 0 Å². The number of fused-ring (bicyclic) bond motifs is 1. The largest absolute Gasteiger partial charge is 0.598 e. The second-order valence-corrected chi connectivity index (χ2v) is 12.4. The van der Waals surface area contributed by atoms with E-state index in [9.17, 15) is 18.1 Å². The van der Waals surface area contributed by atoms with E-state index < -0.39 is 44.8 Å². The van der Waals surface area contributed by atoms with Crippen LogP contribution in [0.2, 0.25) is 0 Å². The molecule has 1 saturated heterocycles. The average molecular weight is 443 g/mol. The summed E-state index contributed by atoms with van der Waals surface area (Å²) in [4.78, 5) is 14.1. The normalized spacial score (nSPS) is 22.2. The van der Waals surface area contributed by atoms with Gasteiger partial charge in [-0.3, -0.25) is 0 Å². The zero-order valence-electron chi connectivity index (χ0n) is 18.6. The third kappa shape index (κ3) is 4.60. The SMILES string of the molecule is CC(C)(C)OC(=O)N1CCC2(CC1)Cc1c(F)ccc(F)c1C2N[S+]([O-])C(C)(C)C. The number of nitrogens with zero attached hydrogens (tertiary/aromatic N) is 1. The van der Waals surface area contributed by atoms with Gasteiger partial charge in [-0.15, -0.1) is 4.72 Å². The van der Waals surface area contributed by atoms with Crippen LogP contribution in [0, 0.1) is 17.0 Å². The number of amides is 1. The van der Waals surface area contributed by atoms with Crippen molar-refractivity contribution in [3.05, 3.63) is 34.9 Å². The molecule has 0 bridgehead atoms. The lowest BCUT2D eigenvalue weighted by atomic mass is 9.73. The quantitative estimate of drug-likeness (QED) is 0.678. The third-order valence-corrected chi connectivity index (χ3v) is 7.43. The predicted octanol–water partition coefficient (Wildman–Crippen LogP) is 4.63. The molecular weight excluding hydrogens is 410 g/mol. The summed E-state index contributed by atoms with van der Waals surface area (Å²) in [5.41, 5.74) is -0.469. The number of carbonyl (C=O) groups excluding carboxylic acids is 1. The first-order valence-corrected chi connectivity index (χ1v) is 11.5. The van der Waals surface area contributed by atoms with Gasteiger partial charge in [0.25, 0.3) is 0 Å². The number of piperidine rings is 1. The molecule has 8 heteroatoms. The molecule has 1 fully saturated rings. The molecule has 1 aliphatic heterocycles. The predicted molar refractivity (Wildman–Crippen MR) is 113 cm³/mol. The third-order valence-electron chi connectivity index (χ3n) is 5.87. The monoisotopic (exact) mass is 442 g/mol. The molecular formula is C22H32F2N2O3S. The fourth-order valence-corrected chi connectivity index (χ4v) is 5.19. The number of rotatable bonds is 2. The Labute approximate surface area is 180 Å². The zero-order chi connectivity index (χ0) is 22.5. The van der Waals surface area contributed by atoms with Gasteiger partial charge < -0.3 is 14.2 Å². The minimum absolute atomic E-state index is 0.276. The van der Waals surface area contributed by atoms with Gasteiger partial charge in [-0.05, 0) is 78.5 Å². The Bertz CT molecular complexity index is 812. The second-order valence-electron chi connectivity index (χ2n) is 10.4. The van der Waals surface area contributed by atoms with Crippen LogP contribution in [-0.2, 0) is 22.5 Å². The van der Waals surface area contributed by atoms with Crippen LogP contribution in [0.3, 0.4) is 0 Å². The summed E-state index contributed by atoms with van der Waals surface area (Å²) in [6.45, 7) is 11.8. The van der Waals surface area contributed by atoms with Crippen molar-refractivity contribution in [2.45, 2.75) is 77.2 Å². The van der Waals surface area contributed by atoms with E-state index in [-0.39, 0.29) is 11.7 Å². The number of hydrogen-bond acceptors (Lipinski definition) is 4. The molecule has 1 amide bonds. The summed E-state index contributed by atoms with van der Waals surface area (Å²) in [5, 5.41) is 0. The number of nitrogens with one attached hydrogen (secondary N) is 1. The Morgan fingerprint density at radius 3 is 2.27 bits per heavy atom. The highest BCUT2D eigenvalue weighted by Crippen LogP contribution is 2.54. The van der Waals surface area contributed by atoms with E-state index in [0.29, 0.717) is 37.9 Å². The molecule has 1 heterocycles. The first kappa shape index (κ1) is 23.3. The summed E-state index contributed by atoms with van der Waals surface area (Å²) in [5.74, 6) is -0.924. The Morgan fingerprint density at radius 1 is 1.17 bits per heavy atom. The molecule has 5 nitrogen and oxygen atoms in total. The number of benzene rings is 1. The van der Waals surface area contributed by atoms with Crippen molar-refractivity contribution >= 4 is 17.5 Å². The highest BCUT2D eigenvalue weighted by molar-refractivity contribution is 7.90. The first-order valence-electron chi connectivity index (χ1n) is 10.4. The number of likely N-dealkylation sites (tertiary alicyclic amines) is 1. The fourth-order valence-electron chi connectivity index (χ4n) is 4.26. The van der Waals surface area contributed by atoms with E-state index in [0.717, 1.165) is 12.1 Å². The lowest BCUT2D eigenvalue weighted by Gasteiger charge is -2.43. The van der Waals surface area contributed by atoms with Crippen LogP contribution >= 0.6 is 0 Å². The van der Waals surface area contributed by atoms with Crippen molar-refractivity contribution in [1.29, 1.82) is 0 Å². The van der Waals surface area contributed by atoms with Gasteiger partial charge >= 0.3 is 6.09 Å². The van der Waals surface area contributed by atoms with E-state index in [1.54, 1.807) is 4.90 Å². The maximum atomic E-state index is 14.8. The molecule has 1 aliphatic carbocycles. The van der Waals surface area contributed by atoms with Crippen LogP contribution in [0.5, 0.6) is 0 Å². The second kappa shape index (κ2) is 7.95. The molecule has 2 aliphatic rings. The minimum Gasteiger partial charge on any atom is -0.598 e. The molecule has 0 aromatic heterocycles. The standard InChI is InChI=1S/C22H32F2N2O3S/c1-20(2,3)29-19(27)26-11-9-22(10-12-26)13-14-15(23)7-8-16(24)17(14)18(22)25-30(28)21(4,5)6/h7-8,18,25H,9-13H2,1-6H3. The first-order chi connectivity index (χ1) is 13.7. The van der Waals surface area contributed by atoms with Crippen molar-refractivity contribution in [2.75, 3.05) is 13.1 Å². The summed E-state index contributed by atoms with van der Waals surface area (Å²) in [7, 11) is 0. The lowest BCUT2D eigenvalue weighted by Crippen LogP contribution is -2.51. The van der Waals surface area contributed by atoms with Gasteiger partial charge in [0.2, 0.25) is 0 Å². The lowest BCUT2D eigenvalue weighted by molar-refractivity contribution is 0.00700. The number of carbonyl (C=O) groups is 1. The summed E-state index contributed by atoms with van der Waals surface area (Å²) in [6, 6.07) is 1.71. The molecule has 2 atom stereocenters. The molecule has 168 valence electrons. The van der Waals surface area contributed by atoms with Crippen molar-refractivity contribution in [2.24, 2.45) is 5.41 Å². The average Bonchev–Trinajstić information content (AvgIpc) is 2.92. The molecule has 1 N–H and O–H groups in total. The maximum absolute atomic E-state index is 14.8. The Kier molecular flexibility index (Phi) is 6.17. The van der Waals surface area contributed by atoms with Crippen LogP contribution in [0.4, 0.5) is 13.6 Å². The Hall–Kier alpha value is -1.38. The molecule has 3 rings (SSSR count). The van der Waals surface area contributed by atoms with E-state index in [1.807, 2.05) is 41.5 Å². The Morgan fingerprint density at radius 2 is 1.73 bits per heavy atom. The van der Waals surface area contributed by atoms with Crippen LogP contribution in [0.15, 0.2) is 12.1 Å². The fraction of sp³-hybridized carbons (Fsp3) is 0.682. The van der Waals surface area contributed by atoms with Crippen molar-refractivity contribution < 1.29 is 22.9 Å². The van der Waals surface area contributed by atoms with Gasteiger partial charge in [-0.25, -0.2) is 13.6 Å². The highest BCUT2D eigenvalue weighted by Gasteiger charge is 2.53. The molecule has 0 saturated carbocycles. The Balaban J connectivity index is 1.87.